The highest BCUT2D eigenvalue weighted by molar-refractivity contribution is 5.84. The van der Waals surface area contributed by atoms with Crippen molar-refractivity contribution < 1.29 is 32.2 Å². The number of fused-ring (bicyclic) bond motifs is 1. The molecule has 3 aliphatic rings. The van der Waals surface area contributed by atoms with Crippen LogP contribution in [-0.4, -0.2) is 72.8 Å². The van der Waals surface area contributed by atoms with Gasteiger partial charge in [-0.3, -0.25) is 9.78 Å². The molecule has 0 spiro atoms. The molecule has 1 aromatic rings. The highest BCUT2D eigenvalue weighted by atomic mass is 19.4. The molecular formula is C25H35F3N4O4. The highest BCUT2D eigenvalue weighted by Crippen LogP contribution is 2.41. The molecule has 200 valence electrons. The van der Waals surface area contributed by atoms with Crippen molar-refractivity contribution in [2.75, 3.05) is 40.0 Å². The number of ether oxygens (including phenoxy) is 2. The van der Waals surface area contributed by atoms with E-state index >= 15 is 0 Å². The van der Waals surface area contributed by atoms with E-state index in [1.807, 2.05) is 0 Å². The molecule has 0 bridgehead atoms. The van der Waals surface area contributed by atoms with Crippen LogP contribution in [0.4, 0.5) is 18.0 Å². The molecule has 2 atom stereocenters. The minimum absolute atomic E-state index is 0.0569. The van der Waals surface area contributed by atoms with Crippen LogP contribution in [0.15, 0.2) is 12.3 Å². The van der Waals surface area contributed by atoms with Crippen molar-refractivity contribution in [2.24, 2.45) is 17.1 Å². The number of carbonyl (C=O) groups is 2. The van der Waals surface area contributed by atoms with Gasteiger partial charge in [0.2, 0.25) is 5.91 Å². The number of pyridine rings is 1. The fraction of sp³-hybridized carbons (Fsp3) is 0.720. The zero-order valence-electron chi connectivity index (χ0n) is 20.7. The van der Waals surface area contributed by atoms with Crippen molar-refractivity contribution >= 4 is 12.0 Å². The Hall–Kier alpha value is -2.40. The fourth-order valence-electron chi connectivity index (χ4n) is 5.64. The summed E-state index contributed by atoms with van der Waals surface area (Å²) in [6.45, 7) is 2.35. The van der Waals surface area contributed by atoms with Crippen LogP contribution in [0.3, 0.4) is 0 Å². The average molecular weight is 513 g/mol. The second-order valence-electron chi connectivity index (χ2n) is 10.4. The van der Waals surface area contributed by atoms with E-state index in [9.17, 15) is 22.8 Å². The highest BCUT2D eigenvalue weighted by Gasteiger charge is 2.48. The molecule has 2 amide bonds. The lowest BCUT2D eigenvalue weighted by molar-refractivity contribution is -0.143. The van der Waals surface area contributed by atoms with Gasteiger partial charge in [0.05, 0.1) is 17.6 Å². The minimum atomic E-state index is -4.50. The van der Waals surface area contributed by atoms with Crippen LogP contribution in [0.1, 0.15) is 55.3 Å². The molecule has 4 rings (SSSR count). The molecule has 11 heteroatoms. The summed E-state index contributed by atoms with van der Waals surface area (Å²) in [6.07, 6.45) is 0.499. The van der Waals surface area contributed by atoms with E-state index in [2.05, 4.69) is 4.98 Å². The first-order chi connectivity index (χ1) is 17.1. The lowest BCUT2D eigenvalue weighted by Crippen LogP contribution is -2.51. The third kappa shape index (κ3) is 6.11. The Morgan fingerprint density at radius 1 is 1.31 bits per heavy atom. The Morgan fingerprint density at radius 3 is 2.72 bits per heavy atom. The van der Waals surface area contributed by atoms with Gasteiger partial charge in [-0.15, -0.1) is 0 Å². The van der Waals surface area contributed by atoms with Crippen LogP contribution < -0.4 is 5.73 Å². The maximum Gasteiger partial charge on any atom is 0.417 e. The zero-order valence-corrected chi connectivity index (χ0v) is 20.7. The predicted molar refractivity (Wildman–Crippen MR) is 125 cm³/mol. The molecule has 1 saturated carbocycles. The van der Waals surface area contributed by atoms with Crippen molar-refractivity contribution in [3.05, 3.63) is 29.1 Å². The maximum atomic E-state index is 13.8. The van der Waals surface area contributed by atoms with Crippen LogP contribution >= 0.6 is 0 Å². The topological polar surface area (TPSA) is 98.0 Å². The van der Waals surface area contributed by atoms with Crippen molar-refractivity contribution in [1.29, 1.82) is 0 Å². The number of aromatic nitrogens is 1. The first-order valence-corrected chi connectivity index (χ1v) is 12.6. The number of carbonyl (C=O) groups excluding carboxylic acids is 2. The van der Waals surface area contributed by atoms with E-state index < -0.39 is 23.2 Å². The van der Waals surface area contributed by atoms with Gasteiger partial charge < -0.3 is 25.0 Å². The van der Waals surface area contributed by atoms with Gasteiger partial charge >= 0.3 is 12.3 Å². The Morgan fingerprint density at radius 2 is 2.06 bits per heavy atom. The molecule has 8 nitrogen and oxygen atoms in total. The third-order valence-electron chi connectivity index (χ3n) is 7.70. The molecule has 0 radical (unpaired) electrons. The summed E-state index contributed by atoms with van der Waals surface area (Å²) in [6, 6.07) is 0.902. The molecule has 0 aromatic carbocycles. The van der Waals surface area contributed by atoms with E-state index in [1.54, 1.807) is 11.9 Å². The quantitative estimate of drug-likeness (QED) is 0.628. The number of alkyl halides is 3. The fourth-order valence-corrected chi connectivity index (χ4v) is 5.64. The van der Waals surface area contributed by atoms with E-state index in [4.69, 9.17) is 15.2 Å². The van der Waals surface area contributed by atoms with Crippen LogP contribution in [-0.2, 0) is 33.4 Å². The zero-order chi connectivity index (χ0) is 25.9. The summed E-state index contributed by atoms with van der Waals surface area (Å²) in [4.78, 5) is 33.5. The van der Waals surface area contributed by atoms with Gasteiger partial charge in [-0.25, -0.2) is 4.79 Å². The molecule has 1 aliphatic carbocycles. The molecule has 1 saturated heterocycles. The van der Waals surface area contributed by atoms with Crippen LogP contribution in [0.25, 0.3) is 0 Å². The molecule has 2 N–H and O–H groups in total. The van der Waals surface area contributed by atoms with Gasteiger partial charge in [0, 0.05) is 64.2 Å². The third-order valence-corrected chi connectivity index (χ3v) is 7.70. The first kappa shape index (κ1) is 26.7. The molecule has 1 aromatic heterocycles. The maximum absolute atomic E-state index is 13.8. The van der Waals surface area contributed by atoms with E-state index in [1.165, 1.54) is 4.90 Å². The summed E-state index contributed by atoms with van der Waals surface area (Å²) in [5.74, 6) is 0.298. The average Bonchev–Trinajstić information content (AvgIpc) is 3.24. The summed E-state index contributed by atoms with van der Waals surface area (Å²) >= 11 is 0. The Bertz CT molecular complexity index is 954. The molecular weight excluding hydrogens is 477 g/mol. The van der Waals surface area contributed by atoms with Gasteiger partial charge in [-0.1, -0.05) is 0 Å². The van der Waals surface area contributed by atoms with E-state index in [-0.39, 0.29) is 25.0 Å². The Kier molecular flexibility index (Phi) is 8.09. The van der Waals surface area contributed by atoms with Crippen LogP contribution in [0, 0.1) is 11.3 Å². The number of nitrogens with zero attached hydrogens (tertiary/aromatic N) is 3. The molecule has 3 heterocycles. The SMILES string of the molecule is CN(C[C@]1(C(=O)N2CCc3ncc(C(F)(F)F)cc3C2)CCC(N)C1)C(=O)OCCC1CCOCC1. The molecule has 36 heavy (non-hydrogen) atoms. The predicted octanol–water partition coefficient (Wildman–Crippen LogP) is 3.37. The van der Waals surface area contributed by atoms with Gasteiger partial charge in [-0.2, -0.15) is 13.2 Å². The second-order valence-corrected chi connectivity index (χ2v) is 10.4. The van der Waals surface area contributed by atoms with Gasteiger partial charge in [0.15, 0.2) is 0 Å². The van der Waals surface area contributed by atoms with E-state index in [0.717, 1.165) is 44.7 Å². The van der Waals surface area contributed by atoms with E-state index in [0.29, 0.717) is 56.0 Å². The van der Waals surface area contributed by atoms with Gasteiger partial charge in [-0.05, 0) is 56.1 Å². The van der Waals surface area contributed by atoms with Crippen molar-refractivity contribution in [2.45, 2.75) is 63.7 Å². The summed E-state index contributed by atoms with van der Waals surface area (Å²) in [5.41, 5.74) is 5.46. The number of nitrogens with two attached hydrogens (primary N) is 1. The monoisotopic (exact) mass is 512 g/mol. The number of halogens is 3. The number of hydrogen-bond acceptors (Lipinski definition) is 6. The van der Waals surface area contributed by atoms with Crippen molar-refractivity contribution in [1.82, 2.24) is 14.8 Å². The summed E-state index contributed by atoms with van der Waals surface area (Å²) in [5, 5.41) is 0. The Balaban J connectivity index is 1.40. The molecule has 2 fully saturated rings. The summed E-state index contributed by atoms with van der Waals surface area (Å²) in [7, 11) is 1.61. The van der Waals surface area contributed by atoms with Crippen molar-refractivity contribution in [3.63, 3.8) is 0 Å². The van der Waals surface area contributed by atoms with Crippen LogP contribution in [0.2, 0.25) is 0 Å². The Labute approximate surface area is 209 Å². The molecule has 2 aliphatic heterocycles. The lowest BCUT2D eigenvalue weighted by atomic mass is 9.83. The summed E-state index contributed by atoms with van der Waals surface area (Å²) < 4.78 is 50.4. The minimum Gasteiger partial charge on any atom is -0.449 e. The largest absolute Gasteiger partial charge is 0.449 e. The lowest BCUT2D eigenvalue weighted by Gasteiger charge is -2.38. The first-order valence-electron chi connectivity index (χ1n) is 12.6. The standard InChI is InChI=1S/C25H35F3N4O4/c1-31(23(34)36-11-6-17-4-9-35-10-5-17)16-24(7-2-20(29)13-24)22(33)32-8-3-21-18(15-32)12-19(14-30-21)25(26,27)28/h12,14,17,20H,2-11,13,15-16,29H2,1H3/t20?,24-/m0/s1. The van der Waals surface area contributed by atoms with Crippen molar-refractivity contribution in [3.8, 4) is 0 Å². The van der Waals surface area contributed by atoms with Gasteiger partial charge in [0.1, 0.15) is 0 Å². The number of rotatable bonds is 6. The number of hydrogen-bond donors (Lipinski definition) is 1. The van der Waals surface area contributed by atoms with Crippen LogP contribution in [0.5, 0.6) is 0 Å². The smallest absolute Gasteiger partial charge is 0.417 e. The normalized spacial score (nSPS) is 24.9. The van der Waals surface area contributed by atoms with Gasteiger partial charge in [0.25, 0.3) is 0 Å². The number of amides is 2. The second kappa shape index (κ2) is 10.9. The molecule has 1 unspecified atom stereocenters.